The zero-order chi connectivity index (χ0) is 19.4. The van der Waals surface area contributed by atoms with Gasteiger partial charge in [-0.25, -0.2) is 13.1 Å². The van der Waals surface area contributed by atoms with Gasteiger partial charge in [0.25, 0.3) is 0 Å². The third-order valence-corrected chi connectivity index (χ3v) is 6.77. The highest BCUT2D eigenvalue weighted by Gasteiger charge is 2.24. The van der Waals surface area contributed by atoms with Crippen molar-refractivity contribution in [3.8, 4) is 0 Å². The van der Waals surface area contributed by atoms with Crippen LogP contribution in [-0.2, 0) is 14.8 Å². The number of primary amides is 1. The molecule has 3 rings (SSSR count). The fraction of sp³-hybridized carbons (Fsp3) is 0.421. The lowest BCUT2D eigenvalue weighted by atomic mass is 9.97. The van der Waals surface area contributed by atoms with Gasteiger partial charge in [0.1, 0.15) is 0 Å². The number of rotatable bonds is 7. The zero-order valence-electron chi connectivity index (χ0n) is 15.0. The van der Waals surface area contributed by atoms with Gasteiger partial charge in [0.05, 0.1) is 10.8 Å². The van der Waals surface area contributed by atoms with Gasteiger partial charge in [-0.05, 0) is 49.9 Å². The molecule has 0 saturated carbocycles. The van der Waals surface area contributed by atoms with E-state index in [-0.39, 0.29) is 16.7 Å². The van der Waals surface area contributed by atoms with Gasteiger partial charge in [0.15, 0.2) is 0 Å². The number of hydrogen-bond acceptors (Lipinski definition) is 4. The van der Waals surface area contributed by atoms with Crippen LogP contribution in [0.2, 0.25) is 5.02 Å². The van der Waals surface area contributed by atoms with Gasteiger partial charge >= 0.3 is 0 Å². The molecule has 2 aromatic carbocycles. The molecule has 27 heavy (non-hydrogen) atoms. The minimum Gasteiger partial charge on any atom is -0.369 e. The molecule has 6 nitrogen and oxygen atoms in total. The molecule has 1 unspecified atom stereocenters. The Labute approximate surface area is 164 Å². The summed E-state index contributed by atoms with van der Waals surface area (Å²) >= 11 is 6.23. The maximum Gasteiger partial charge on any atom is 0.241 e. The van der Waals surface area contributed by atoms with Crippen LogP contribution >= 0.6 is 11.6 Å². The Bertz CT molecular complexity index is 928. The van der Waals surface area contributed by atoms with E-state index in [1.54, 1.807) is 24.3 Å². The quantitative estimate of drug-likeness (QED) is 0.686. The highest BCUT2D eigenvalue weighted by molar-refractivity contribution is 7.89. The Hall–Kier alpha value is -1.67. The van der Waals surface area contributed by atoms with Crippen molar-refractivity contribution in [1.29, 1.82) is 0 Å². The molecule has 0 aliphatic carbocycles. The first-order valence-corrected chi connectivity index (χ1v) is 10.9. The van der Waals surface area contributed by atoms with Gasteiger partial charge in [-0.3, -0.25) is 4.79 Å². The summed E-state index contributed by atoms with van der Waals surface area (Å²) < 4.78 is 28.2. The van der Waals surface area contributed by atoms with Crippen LogP contribution in [0.5, 0.6) is 0 Å². The topological polar surface area (TPSA) is 92.5 Å². The summed E-state index contributed by atoms with van der Waals surface area (Å²) in [5, 5.41) is 1.74. The van der Waals surface area contributed by atoms with Crippen LogP contribution in [-0.4, -0.2) is 45.4 Å². The number of fused-ring (bicyclic) bond motifs is 1. The van der Waals surface area contributed by atoms with Crippen LogP contribution in [0.1, 0.15) is 19.3 Å². The lowest BCUT2D eigenvalue weighted by Gasteiger charge is -2.31. The number of halogens is 1. The van der Waals surface area contributed by atoms with E-state index in [0.29, 0.717) is 29.9 Å². The molecule has 1 heterocycles. The van der Waals surface area contributed by atoms with Crippen LogP contribution in [0.4, 0.5) is 0 Å². The standard InChI is InChI=1S/C19H24ClN3O3S/c20-16-8-1-5-14-6-2-9-17(18(14)16)27(25,26)22-10-4-12-23-11-3-7-15(13-23)19(21)24/h1-2,5-6,8-9,15,22H,3-4,7,10-13H2,(H2,21,24). The molecule has 1 fully saturated rings. The summed E-state index contributed by atoms with van der Waals surface area (Å²) in [6.45, 7) is 2.61. The van der Waals surface area contributed by atoms with E-state index in [9.17, 15) is 13.2 Å². The molecule has 3 N–H and O–H groups in total. The molecule has 0 bridgehead atoms. The maximum absolute atomic E-state index is 12.7. The minimum atomic E-state index is -3.66. The van der Waals surface area contributed by atoms with Crippen LogP contribution < -0.4 is 10.5 Å². The molecule has 1 saturated heterocycles. The van der Waals surface area contributed by atoms with Crippen molar-refractivity contribution in [2.75, 3.05) is 26.2 Å². The molecule has 1 aliphatic heterocycles. The van der Waals surface area contributed by atoms with Crippen molar-refractivity contribution < 1.29 is 13.2 Å². The van der Waals surface area contributed by atoms with Crippen LogP contribution in [0, 0.1) is 5.92 Å². The maximum atomic E-state index is 12.7. The van der Waals surface area contributed by atoms with E-state index < -0.39 is 10.0 Å². The number of sulfonamides is 1. The van der Waals surface area contributed by atoms with Gasteiger partial charge in [-0.2, -0.15) is 0 Å². The van der Waals surface area contributed by atoms with E-state index in [0.717, 1.165) is 31.3 Å². The second kappa shape index (κ2) is 8.56. The van der Waals surface area contributed by atoms with Gasteiger partial charge < -0.3 is 10.6 Å². The fourth-order valence-corrected chi connectivity index (χ4v) is 5.23. The van der Waals surface area contributed by atoms with E-state index in [1.165, 1.54) is 0 Å². The number of amides is 1. The third-order valence-electron chi connectivity index (χ3n) is 4.96. The largest absolute Gasteiger partial charge is 0.369 e. The summed E-state index contributed by atoms with van der Waals surface area (Å²) in [7, 11) is -3.66. The minimum absolute atomic E-state index is 0.103. The molecular formula is C19H24ClN3O3S. The fourth-order valence-electron chi connectivity index (χ4n) is 3.56. The van der Waals surface area contributed by atoms with Gasteiger partial charge in [-0.1, -0.05) is 35.9 Å². The van der Waals surface area contributed by atoms with Crippen molar-refractivity contribution in [3.05, 3.63) is 41.4 Å². The Morgan fingerprint density at radius 1 is 1.26 bits per heavy atom. The number of nitrogens with two attached hydrogens (primary N) is 1. The summed E-state index contributed by atoms with van der Waals surface area (Å²) in [5.41, 5.74) is 5.40. The van der Waals surface area contributed by atoms with Gasteiger partial charge in [-0.15, -0.1) is 0 Å². The van der Waals surface area contributed by atoms with Crippen LogP contribution in [0.25, 0.3) is 10.8 Å². The van der Waals surface area contributed by atoms with E-state index in [2.05, 4.69) is 9.62 Å². The van der Waals surface area contributed by atoms with Crippen molar-refractivity contribution >= 4 is 38.3 Å². The van der Waals surface area contributed by atoms with Crippen molar-refractivity contribution in [2.24, 2.45) is 11.7 Å². The van der Waals surface area contributed by atoms with Gasteiger partial charge in [0, 0.05) is 23.5 Å². The second-order valence-corrected chi connectivity index (χ2v) is 9.03. The smallest absolute Gasteiger partial charge is 0.241 e. The number of nitrogens with one attached hydrogen (secondary N) is 1. The first kappa shape index (κ1) is 20.1. The molecule has 1 atom stereocenters. The number of hydrogen-bond donors (Lipinski definition) is 2. The molecule has 1 aliphatic rings. The molecular weight excluding hydrogens is 386 g/mol. The van der Waals surface area contributed by atoms with Crippen LogP contribution in [0.15, 0.2) is 41.3 Å². The molecule has 8 heteroatoms. The number of likely N-dealkylation sites (tertiary alicyclic amines) is 1. The first-order valence-electron chi connectivity index (χ1n) is 9.07. The molecule has 1 amide bonds. The first-order chi connectivity index (χ1) is 12.9. The number of piperidine rings is 1. The molecule has 146 valence electrons. The van der Waals surface area contributed by atoms with Crippen LogP contribution in [0.3, 0.4) is 0 Å². The van der Waals surface area contributed by atoms with E-state index >= 15 is 0 Å². The number of carbonyl (C=O) groups excluding carboxylic acids is 1. The summed E-state index contributed by atoms with van der Waals surface area (Å²) in [4.78, 5) is 13.7. The van der Waals surface area contributed by atoms with Crippen molar-refractivity contribution in [3.63, 3.8) is 0 Å². The highest BCUT2D eigenvalue weighted by Crippen LogP contribution is 2.29. The number of nitrogens with zero attached hydrogens (tertiary/aromatic N) is 1. The average Bonchev–Trinajstić information content (AvgIpc) is 2.65. The lowest BCUT2D eigenvalue weighted by molar-refractivity contribution is -0.123. The molecule has 0 aromatic heterocycles. The molecule has 2 aromatic rings. The van der Waals surface area contributed by atoms with Crippen molar-refractivity contribution in [1.82, 2.24) is 9.62 Å². The molecule has 0 radical (unpaired) electrons. The lowest BCUT2D eigenvalue weighted by Crippen LogP contribution is -2.42. The normalized spacial score (nSPS) is 18.6. The number of carbonyl (C=O) groups is 1. The average molecular weight is 410 g/mol. The Balaban J connectivity index is 1.61. The third kappa shape index (κ3) is 4.79. The summed E-state index contributed by atoms with van der Waals surface area (Å²) in [6.07, 6.45) is 2.43. The predicted molar refractivity (Wildman–Crippen MR) is 107 cm³/mol. The second-order valence-electron chi connectivity index (χ2n) is 6.89. The van der Waals surface area contributed by atoms with E-state index in [1.807, 2.05) is 12.1 Å². The predicted octanol–water partition coefficient (Wildman–Crippen LogP) is 2.36. The summed E-state index contributed by atoms with van der Waals surface area (Å²) in [5.74, 6) is -0.360. The van der Waals surface area contributed by atoms with Crippen molar-refractivity contribution in [2.45, 2.75) is 24.2 Å². The SMILES string of the molecule is NC(=O)C1CCCN(CCCNS(=O)(=O)c2cccc3cccc(Cl)c23)C1. The Morgan fingerprint density at radius 3 is 2.74 bits per heavy atom. The Kier molecular flexibility index (Phi) is 6.37. The van der Waals surface area contributed by atoms with Gasteiger partial charge in [0.2, 0.25) is 15.9 Å². The number of benzene rings is 2. The Morgan fingerprint density at radius 2 is 2.00 bits per heavy atom. The zero-order valence-corrected chi connectivity index (χ0v) is 16.6. The molecule has 0 spiro atoms. The monoisotopic (exact) mass is 409 g/mol. The van der Waals surface area contributed by atoms with E-state index in [4.69, 9.17) is 17.3 Å². The summed E-state index contributed by atoms with van der Waals surface area (Å²) in [6, 6.07) is 10.4. The highest BCUT2D eigenvalue weighted by atomic mass is 35.5.